The van der Waals surface area contributed by atoms with E-state index in [0.29, 0.717) is 6.54 Å². The normalized spacial score (nSPS) is 11.9. The Hall–Kier alpha value is -2.00. The first-order valence-corrected chi connectivity index (χ1v) is 6.87. The maximum Gasteiger partial charge on any atom is 0.136 e. The van der Waals surface area contributed by atoms with Crippen molar-refractivity contribution in [1.82, 2.24) is 0 Å². The standard InChI is InChI=1S/C17H21NO2/c1-3-13-6-4-5-7-16(13)20-17(12-18)14-8-10-15(19-2)11-9-14/h4-11,17H,3,12,18H2,1-2H3. The molecule has 106 valence electrons. The first kappa shape index (κ1) is 14.4. The first-order valence-electron chi connectivity index (χ1n) is 6.87. The Bertz CT molecular complexity index is 537. The van der Waals surface area contributed by atoms with Crippen LogP contribution in [-0.4, -0.2) is 13.7 Å². The highest BCUT2D eigenvalue weighted by molar-refractivity contribution is 5.35. The van der Waals surface area contributed by atoms with Gasteiger partial charge in [0.15, 0.2) is 0 Å². The largest absolute Gasteiger partial charge is 0.497 e. The van der Waals surface area contributed by atoms with Crippen LogP contribution in [-0.2, 0) is 6.42 Å². The average molecular weight is 271 g/mol. The second-order valence-corrected chi connectivity index (χ2v) is 4.58. The number of hydrogen-bond acceptors (Lipinski definition) is 3. The van der Waals surface area contributed by atoms with Crippen LogP contribution >= 0.6 is 0 Å². The zero-order valence-electron chi connectivity index (χ0n) is 12.0. The first-order chi connectivity index (χ1) is 9.78. The van der Waals surface area contributed by atoms with Gasteiger partial charge in [0.25, 0.3) is 0 Å². The molecule has 0 saturated heterocycles. The van der Waals surface area contributed by atoms with Crippen molar-refractivity contribution in [2.24, 2.45) is 5.73 Å². The molecule has 3 nitrogen and oxygen atoms in total. The molecule has 0 bridgehead atoms. The third-order valence-corrected chi connectivity index (χ3v) is 3.32. The smallest absolute Gasteiger partial charge is 0.136 e. The number of rotatable bonds is 6. The summed E-state index contributed by atoms with van der Waals surface area (Å²) < 4.78 is 11.2. The molecule has 2 rings (SSSR count). The summed E-state index contributed by atoms with van der Waals surface area (Å²) >= 11 is 0. The van der Waals surface area contributed by atoms with E-state index in [2.05, 4.69) is 13.0 Å². The Kier molecular flexibility index (Phi) is 5.02. The van der Waals surface area contributed by atoms with Crippen molar-refractivity contribution in [3.05, 3.63) is 59.7 Å². The fourth-order valence-corrected chi connectivity index (χ4v) is 2.13. The molecular formula is C17H21NO2. The quantitative estimate of drug-likeness (QED) is 0.876. The molecule has 1 atom stereocenters. The summed E-state index contributed by atoms with van der Waals surface area (Å²) in [6.07, 6.45) is 0.796. The second-order valence-electron chi connectivity index (χ2n) is 4.58. The maximum atomic E-state index is 6.08. The minimum Gasteiger partial charge on any atom is -0.497 e. The van der Waals surface area contributed by atoms with Crippen molar-refractivity contribution in [1.29, 1.82) is 0 Å². The van der Waals surface area contributed by atoms with Gasteiger partial charge >= 0.3 is 0 Å². The minimum absolute atomic E-state index is 0.145. The van der Waals surface area contributed by atoms with Crippen LogP contribution in [0.5, 0.6) is 11.5 Å². The van der Waals surface area contributed by atoms with Gasteiger partial charge < -0.3 is 15.2 Å². The van der Waals surface area contributed by atoms with E-state index < -0.39 is 0 Å². The van der Waals surface area contributed by atoms with E-state index in [-0.39, 0.29) is 6.10 Å². The van der Waals surface area contributed by atoms with E-state index in [0.717, 1.165) is 23.5 Å². The molecule has 1 unspecified atom stereocenters. The molecule has 2 aromatic carbocycles. The van der Waals surface area contributed by atoms with E-state index in [1.54, 1.807) is 7.11 Å². The van der Waals surface area contributed by atoms with Gasteiger partial charge in [-0.2, -0.15) is 0 Å². The summed E-state index contributed by atoms with van der Waals surface area (Å²) in [4.78, 5) is 0. The molecule has 20 heavy (non-hydrogen) atoms. The van der Waals surface area contributed by atoms with Gasteiger partial charge in [-0.1, -0.05) is 37.3 Å². The Labute approximate surface area is 120 Å². The molecular weight excluding hydrogens is 250 g/mol. The van der Waals surface area contributed by atoms with Gasteiger partial charge in [-0.15, -0.1) is 0 Å². The van der Waals surface area contributed by atoms with Crippen LogP contribution < -0.4 is 15.2 Å². The number of aryl methyl sites for hydroxylation is 1. The van der Waals surface area contributed by atoms with E-state index in [1.807, 2.05) is 42.5 Å². The number of hydrogen-bond donors (Lipinski definition) is 1. The predicted octanol–water partition coefficient (Wildman–Crippen LogP) is 3.34. The van der Waals surface area contributed by atoms with Gasteiger partial charge in [0, 0.05) is 6.54 Å². The molecule has 0 amide bonds. The Morgan fingerprint density at radius 3 is 2.35 bits per heavy atom. The second kappa shape index (κ2) is 6.96. The molecule has 0 saturated carbocycles. The molecule has 0 heterocycles. The van der Waals surface area contributed by atoms with Crippen LogP contribution in [0, 0.1) is 0 Å². The molecule has 0 fully saturated rings. The lowest BCUT2D eigenvalue weighted by atomic mass is 10.1. The summed E-state index contributed by atoms with van der Waals surface area (Å²) in [5.74, 6) is 1.74. The zero-order chi connectivity index (χ0) is 14.4. The minimum atomic E-state index is -0.145. The summed E-state index contributed by atoms with van der Waals surface area (Å²) in [6, 6.07) is 15.9. The molecule has 0 radical (unpaired) electrons. The van der Waals surface area contributed by atoms with Gasteiger partial charge in [0.1, 0.15) is 17.6 Å². The highest BCUT2D eigenvalue weighted by atomic mass is 16.5. The van der Waals surface area contributed by atoms with Crippen molar-refractivity contribution in [3.63, 3.8) is 0 Å². The number of nitrogens with two attached hydrogens (primary N) is 1. The topological polar surface area (TPSA) is 44.5 Å². The lowest BCUT2D eigenvalue weighted by Gasteiger charge is -2.20. The van der Waals surface area contributed by atoms with Crippen LogP contribution in [0.15, 0.2) is 48.5 Å². The number of para-hydroxylation sites is 1. The average Bonchev–Trinajstić information content (AvgIpc) is 2.53. The van der Waals surface area contributed by atoms with Gasteiger partial charge in [-0.05, 0) is 35.7 Å². The van der Waals surface area contributed by atoms with E-state index in [4.69, 9.17) is 15.2 Å². The summed E-state index contributed by atoms with van der Waals surface area (Å²) in [5.41, 5.74) is 8.11. The third-order valence-electron chi connectivity index (χ3n) is 3.32. The van der Waals surface area contributed by atoms with Crippen molar-refractivity contribution < 1.29 is 9.47 Å². The lowest BCUT2D eigenvalue weighted by Crippen LogP contribution is -2.19. The molecule has 0 aliphatic rings. The third kappa shape index (κ3) is 3.31. The van der Waals surface area contributed by atoms with E-state index in [1.165, 1.54) is 5.56 Å². The highest BCUT2D eigenvalue weighted by Crippen LogP contribution is 2.26. The fraction of sp³-hybridized carbons (Fsp3) is 0.294. The molecule has 3 heteroatoms. The summed E-state index contributed by atoms with van der Waals surface area (Å²) in [6.45, 7) is 2.55. The van der Waals surface area contributed by atoms with E-state index in [9.17, 15) is 0 Å². The van der Waals surface area contributed by atoms with Crippen LogP contribution in [0.1, 0.15) is 24.2 Å². The predicted molar refractivity (Wildman–Crippen MR) is 81.2 cm³/mol. The van der Waals surface area contributed by atoms with Crippen molar-refractivity contribution in [3.8, 4) is 11.5 Å². The lowest BCUT2D eigenvalue weighted by molar-refractivity contribution is 0.212. The van der Waals surface area contributed by atoms with Gasteiger partial charge in [0.2, 0.25) is 0 Å². The maximum absolute atomic E-state index is 6.08. The molecule has 0 aromatic heterocycles. The molecule has 0 aliphatic heterocycles. The summed E-state index contributed by atoms with van der Waals surface area (Å²) in [7, 11) is 1.66. The Morgan fingerprint density at radius 1 is 1.05 bits per heavy atom. The van der Waals surface area contributed by atoms with Crippen molar-refractivity contribution >= 4 is 0 Å². The van der Waals surface area contributed by atoms with Crippen LogP contribution in [0.3, 0.4) is 0 Å². The van der Waals surface area contributed by atoms with Gasteiger partial charge in [-0.3, -0.25) is 0 Å². The SMILES string of the molecule is CCc1ccccc1OC(CN)c1ccc(OC)cc1. The number of methoxy groups -OCH3 is 1. The highest BCUT2D eigenvalue weighted by Gasteiger charge is 2.13. The van der Waals surface area contributed by atoms with Crippen LogP contribution in [0.2, 0.25) is 0 Å². The van der Waals surface area contributed by atoms with Crippen LogP contribution in [0.4, 0.5) is 0 Å². The van der Waals surface area contributed by atoms with Crippen molar-refractivity contribution in [2.75, 3.05) is 13.7 Å². The van der Waals surface area contributed by atoms with E-state index >= 15 is 0 Å². The molecule has 0 spiro atoms. The number of ether oxygens (including phenoxy) is 2. The van der Waals surface area contributed by atoms with Gasteiger partial charge in [-0.25, -0.2) is 0 Å². The Balaban J connectivity index is 2.19. The monoisotopic (exact) mass is 271 g/mol. The molecule has 2 aromatic rings. The summed E-state index contributed by atoms with van der Waals surface area (Å²) in [5, 5.41) is 0. The van der Waals surface area contributed by atoms with Gasteiger partial charge in [0.05, 0.1) is 7.11 Å². The number of benzene rings is 2. The molecule has 0 aliphatic carbocycles. The van der Waals surface area contributed by atoms with Crippen molar-refractivity contribution in [2.45, 2.75) is 19.4 Å². The molecule has 2 N–H and O–H groups in total. The Morgan fingerprint density at radius 2 is 1.75 bits per heavy atom. The van der Waals surface area contributed by atoms with Crippen LogP contribution in [0.25, 0.3) is 0 Å². The zero-order valence-corrected chi connectivity index (χ0v) is 12.0. The fourth-order valence-electron chi connectivity index (χ4n) is 2.13.